The maximum absolute atomic E-state index is 5.13. The van der Waals surface area contributed by atoms with Crippen LogP contribution in [0.4, 0.5) is 0 Å². The molecule has 0 aliphatic carbocycles. The number of nitrogens with zero attached hydrogens (tertiary/aromatic N) is 4. The molecule has 0 N–H and O–H groups in total. The molecule has 0 bridgehead atoms. The summed E-state index contributed by atoms with van der Waals surface area (Å²) in [4.78, 5) is 8.54. The minimum Gasteiger partial charge on any atom is -0.378 e. The van der Waals surface area contributed by atoms with Gasteiger partial charge in [-0.2, -0.15) is 14.6 Å². The Labute approximate surface area is 111 Å². The van der Waals surface area contributed by atoms with Gasteiger partial charge in [0.1, 0.15) is 11.4 Å². The number of hydrogen-bond acceptors (Lipinski definition) is 5. The molecule has 0 fully saturated rings. The molecule has 1 atom stereocenters. The number of aromatic nitrogens is 4. The molecule has 2 heterocycles. The summed E-state index contributed by atoms with van der Waals surface area (Å²) in [6.45, 7) is 7.14. The van der Waals surface area contributed by atoms with Gasteiger partial charge in [0.15, 0.2) is 0 Å². The third kappa shape index (κ3) is 2.81. The van der Waals surface area contributed by atoms with Crippen LogP contribution in [-0.2, 0) is 11.3 Å². The molecule has 0 saturated carbocycles. The predicted octanol–water partition coefficient (Wildman–Crippen LogP) is 2.41. The van der Waals surface area contributed by atoms with Gasteiger partial charge < -0.3 is 4.74 Å². The zero-order valence-electron chi connectivity index (χ0n) is 11.1. The first-order chi connectivity index (χ1) is 8.61. The lowest BCUT2D eigenvalue weighted by atomic mass is 10.2. The van der Waals surface area contributed by atoms with E-state index in [0.29, 0.717) is 23.6 Å². The highest BCUT2D eigenvalue weighted by Crippen LogP contribution is 2.28. The standard InChI is InChI=1S/C12H18N4OS/c1-8(2)9(3)18-11-5-10(6-17-4)15-12-13-7-14-16(11)12/h5,7-9H,6H2,1-4H3/t9-/m1/s1. The van der Waals surface area contributed by atoms with Gasteiger partial charge >= 0.3 is 0 Å². The fourth-order valence-corrected chi connectivity index (χ4v) is 2.55. The zero-order valence-corrected chi connectivity index (χ0v) is 11.9. The van der Waals surface area contributed by atoms with E-state index in [4.69, 9.17) is 4.74 Å². The summed E-state index contributed by atoms with van der Waals surface area (Å²) in [6.07, 6.45) is 1.53. The van der Waals surface area contributed by atoms with Gasteiger partial charge in [0.05, 0.1) is 12.3 Å². The van der Waals surface area contributed by atoms with Crippen molar-refractivity contribution in [2.75, 3.05) is 7.11 Å². The predicted molar refractivity (Wildman–Crippen MR) is 71.7 cm³/mol. The van der Waals surface area contributed by atoms with Crippen LogP contribution >= 0.6 is 11.8 Å². The van der Waals surface area contributed by atoms with Crippen molar-refractivity contribution < 1.29 is 4.74 Å². The van der Waals surface area contributed by atoms with Crippen LogP contribution in [0.15, 0.2) is 17.4 Å². The first-order valence-electron chi connectivity index (χ1n) is 5.97. The van der Waals surface area contributed by atoms with Crippen LogP contribution in [0.1, 0.15) is 26.5 Å². The van der Waals surface area contributed by atoms with E-state index in [-0.39, 0.29) is 0 Å². The topological polar surface area (TPSA) is 52.3 Å². The third-order valence-corrected chi connectivity index (χ3v) is 4.26. The van der Waals surface area contributed by atoms with E-state index in [1.807, 2.05) is 6.07 Å². The van der Waals surface area contributed by atoms with E-state index in [2.05, 4.69) is 35.8 Å². The van der Waals surface area contributed by atoms with Crippen molar-refractivity contribution in [3.8, 4) is 0 Å². The number of fused-ring (bicyclic) bond motifs is 1. The Morgan fingerprint density at radius 3 is 2.83 bits per heavy atom. The number of thioether (sulfide) groups is 1. The Hall–Kier alpha value is -1.14. The molecule has 18 heavy (non-hydrogen) atoms. The second-order valence-electron chi connectivity index (χ2n) is 4.56. The van der Waals surface area contributed by atoms with Crippen LogP contribution in [0.5, 0.6) is 0 Å². The summed E-state index contributed by atoms with van der Waals surface area (Å²) in [7, 11) is 1.67. The minimum absolute atomic E-state index is 0.493. The molecule has 2 aromatic rings. The van der Waals surface area contributed by atoms with Gasteiger partial charge in [0.25, 0.3) is 5.78 Å². The largest absolute Gasteiger partial charge is 0.378 e. The molecular weight excluding hydrogens is 248 g/mol. The molecule has 0 amide bonds. The van der Waals surface area contributed by atoms with Crippen molar-refractivity contribution in [3.63, 3.8) is 0 Å². The summed E-state index contributed by atoms with van der Waals surface area (Å²) in [6, 6.07) is 2.02. The Balaban J connectivity index is 2.37. The average molecular weight is 266 g/mol. The molecule has 0 unspecified atom stereocenters. The van der Waals surface area contributed by atoms with Gasteiger partial charge in [-0.05, 0) is 12.0 Å². The molecule has 2 rings (SSSR count). The van der Waals surface area contributed by atoms with E-state index in [0.717, 1.165) is 10.7 Å². The van der Waals surface area contributed by atoms with E-state index in [1.54, 1.807) is 23.4 Å². The van der Waals surface area contributed by atoms with E-state index in [1.165, 1.54) is 6.33 Å². The molecule has 0 aliphatic heterocycles. The quantitative estimate of drug-likeness (QED) is 0.614. The lowest BCUT2D eigenvalue weighted by molar-refractivity contribution is 0.181. The Bertz CT molecular complexity index is 526. The lowest BCUT2D eigenvalue weighted by Crippen LogP contribution is -2.08. The second kappa shape index (κ2) is 5.67. The van der Waals surface area contributed by atoms with Gasteiger partial charge in [-0.1, -0.05) is 20.8 Å². The van der Waals surface area contributed by atoms with Crippen molar-refractivity contribution in [1.29, 1.82) is 0 Å². The zero-order chi connectivity index (χ0) is 13.1. The van der Waals surface area contributed by atoms with Crippen LogP contribution in [0.3, 0.4) is 0 Å². The van der Waals surface area contributed by atoms with Gasteiger partial charge in [-0.3, -0.25) is 0 Å². The summed E-state index contributed by atoms with van der Waals surface area (Å²) in [5.41, 5.74) is 0.886. The van der Waals surface area contributed by atoms with Crippen LogP contribution in [0.25, 0.3) is 5.78 Å². The maximum Gasteiger partial charge on any atom is 0.253 e. The van der Waals surface area contributed by atoms with E-state index in [9.17, 15) is 0 Å². The minimum atomic E-state index is 0.493. The van der Waals surface area contributed by atoms with Gasteiger partial charge in [0, 0.05) is 12.4 Å². The van der Waals surface area contributed by atoms with Crippen LogP contribution in [-0.4, -0.2) is 31.9 Å². The number of rotatable bonds is 5. The van der Waals surface area contributed by atoms with E-state index < -0.39 is 0 Å². The van der Waals surface area contributed by atoms with Crippen molar-refractivity contribution in [2.45, 2.75) is 37.7 Å². The second-order valence-corrected chi connectivity index (χ2v) is 5.96. The summed E-state index contributed by atoms with van der Waals surface area (Å²) in [5.74, 6) is 1.23. The first kappa shape index (κ1) is 13.3. The SMILES string of the molecule is COCc1cc(S[C@H](C)C(C)C)n2ncnc2n1. The molecule has 6 heteroatoms. The van der Waals surface area contributed by atoms with Crippen molar-refractivity contribution in [2.24, 2.45) is 5.92 Å². The fraction of sp³-hybridized carbons (Fsp3) is 0.583. The van der Waals surface area contributed by atoms with Gasteiger partial charge in [-0.25, -0.2) is 4.98 Å². The summed E-state index contributed by atoms with van der Waals surface area (Å²) in [5, 5.41) is 5.78. The van der Waals surface area contributed by atoms with Crippen LogP contribution in [0, 0.1) is 5.92 Å². The number of methoxy groups -OCH3 is 1. The third-order valence-electron chi connectivity index (χ3n) is 2.81. The highest BCUT2D eigenvalue weighted by Gasteiger charge is 2.14. The molecule has 0 aromatic carbocycles. The number of hydrogen-bond donors (Lipinski definition) is 0. The molecule has 0 spiro atoms. The highest BCUT2D eigenvalue weighted by molar-refractivity contribution is 7.99. The Kier molecular flexibility index (Phi) is 4.19. The molecule has 0 aliphatic rings. The number of ether oxygens (including phenoxy) is 1. The molecule has 5 nitrogen and oxygen atoms in total. The molecule has 0 radical (unpaired) electrons. The fourth-order valence-electron chi connectivity index (χ4n) is 1.46. The van der Waals surface area contributed by atoms with Crippen molar-refractivity contribution >= 4 is 17.5 Å². The smallest absolute Gasteiger partial charge is 0.253 e. The summed E-state index contributed by atoms with van der Waals surface area (Å²) >= 11 is 1.79. The summed E-state index contributed by atoms with van der Waals surface area (Å²) < 4.78 is 6.91. The van der Waals surface area contributed by atoms with Gasteiger partial charge in [-0.15, -0.1) is 11.8 Å². The first-order valence-corrected chi connectivity index (χ1v) is 6.85. The van der Waals surface area contributed by atoms with Gasteiger partial charge in [0.2, 0.25) is 0 Å². The average Bonchev–Trinajstić information content (AvgIpc) is 2.77. The van der Waals surface area contributed by atoms with Crippen LogP contribution < -0.4 is 0 Å². The molecule has 98 valence electrons. The molecule has 0 saturated heterocycles. The Morgan fingerprint density at radius 2 is 2.17 bits per heavy atom. The highest BCUT2D eigenvalue weighted by atomic mass is 32.2. The van der Waals surface area contributed by atoms with Crippen molar-refractivity contribution in [3.05, 3.63) is 18.1 Å². The lowest BCUT2D eigenvalue weighted by Gasteiger charge is -2.15. The monoisotopic (exact) mass is 266 g/mol. The van der Waals surface area contributed by atoms with Crippen LogP contribution in [0.2, 0.25) is 0 Å². The molecule has 2 aromatic heterocycles. The normalized spacial score (nSPS) is 13.4. The van der Waals surface area contributed by atoms with E-state index >= 15 is 0 Å². The van der Waals surface area contributed by atoms with Crippen molar-refractivity contribution in [1.82, 2.24) is 19.6 Å². The maximum atomic E-state index is 5.13. The Morgan fingerprint density at radius 1 is 1.39 bits per heavy atom. The molecular formula is C12H18N4OS.